The van der Waals surface area contributed by atoms with Crippen molar-refractivity contribution in [3.8, 4) is 6.07 Å². The predicted octanol–water partition coefficient (Wildman–Crippen LogP) is 4.63. The maximum atomic E-state index is 13.3. The van der Waals surface area contributed by atoms with Crippen molar-refractivity contribution in [3.05, 3.63) is 20.8 Å². The zero-order valence-corrected chi connectivity index (χ0v) is 17.0. The number of thioether (sulfide) groups is 1. The van der Waals surface area contributed by atoms with Gasteiger partial charge in [-0.25, -0.2) is 4.98 Å². The van der Waals surface area contributed by atoms with Crippen LogP contribution in [-0.2, 0) is 19.4 Å². The molecule has 2 atom stereocenters. The van der Waals surface area contributed by atoms with E-state index in [4.69, 9.17) is 10.2 Å². The highest BCUT2D eigenvalue weighted by Crippen LogP contribution is 2.36. The SMILES string of the molecule is CC(C)CCn1c(S[C@@H](C)C#N)nc2sc3c(c2c1=O)CC[C@@H](C)C3. The lowest BCUT2D eigenvalue weighted by Gasteiger charge is -2.18. The Balaban J connectivity index is 2.14. The number of aryl methyl sites for hydroxylation is 1. The Morgan fingerprint density at radius 3 is 2.88 bits per heavy atom. The molecule has 0 bridgehead atoms. The molecule has 134 valence electrons. The summed E-state index contributed by atoms with van der Waals surface area (Å²) in [5.41, 5.74) is 1.32. The number of rotatable bonds is 5. The largest absolute Gasteiger partial charge is 0.287 e. The van der Waals surface area contributed by atoms with Crippen molar-refractivity contribution in [2.75, 3.05) is 0 Å². The van der Waals surface area contributed by atoms with Crippen molar-refractivity contribution in [1.82, 2.24) is 9.55 Å². The predicted molar refractivity (Wildman–Crippen MR) is 105 cm³/mol. The van der Waals surface area contributed by atoms with E-state index in [0.29, 0.717) is 23.5 Å². The highest BCUT2D eigenvalue weighted by Gasteiger charge is 2.25. The van der Waals surface area contributed by atoms with Gasteiger partial charge >= 0.3 is 0 Å². The first kappa shape index (κ1) is 18.5. The fourth-order valence-corrected chi connectivity index (χ4v) is 5.51. The van der Waals surface area contributed by atoms with Crippen LogP contribution in [0.15, 0.2) is 9.95 Å². The molecule has 0 fully saturated rings. The first-order valence-electron chi connectivity index (χ1n) is 9.02. The van der Waals surface area contributed by atoms with Crippen LogP contribution in [0, 0.1) is 23.2 Å². The second kappa shape index (κ2) is 7.51. The minimum absolute atomic E-state index is 0.0883. The molecule has 0 aliphatic heterocycles. The molecule has 1 aliphatic rings. The van der Waals surface area contributed by atoms with Crippen LogP contribution < -0.4 is 5.56 Å². The molecule has 0 spiro atoms. The molecule has 0 unspecified atom stereocenters. The van der Waals surface area contributed by atoms with Crippen LogP contribution in [0.25, 0.3) is 10.2 Å². The lowest BCUT2D eigenvalue weighted by molar-refractivity contribution is 0.480. The molecule has 25 heavy (non-hydrogen) atoms. The maximum absolute atomic E-state index is 13.3. The molecule has 2 aromatic rings. The van der Waals surface area contributed by atoms with E-state index >= 15 is 0 Å². The van der Waals surface area contributed by atoms with Crippen LogP contribution in [0.2, 0.25) is 0 Å². The lowest BCUT2D eigenvalue weighted by atomic mass is 9.89. The molecule has 0 amide bonds. The monoisotopic (exact) mass is 375 g/mol. The van der Waals surface area contributed by atoms with Crippen molar-refractivity contribution in [2.24, 2.45) is 11.8 Å². The number of aromatic nitrogens is 2. The number of fused-ring (bicyclic) bond motifs is 3. The average molecular weight is 376 g/mol. The maximum Gasteiger partial charge on any atom is 0.263 e. The number of nitrogens with zero attached hydrogens (tertiary/aromatic N) is 3. The first-order valence-corrected chi connectivity index (χ1v) is 10.7. The van der Waals surface area contributed by atoms with Gasteiger partial charge in [-0.2, -0.15) is 5.26 Å². The Kier molecular flexibility index (Phi) is 5.55. The highest BCUT2D eigenvalue weighted by molar-refractivity contribution is 8.00. The quantitative estimate of drug-likeness (QED) is 0.564. The molecule has 2 heterocycles. The van der Waals surface area contributed by atoms with Gasteiger partial charge in [0.05, 0.1) is 16.7 Å². The third kappa shape index (κ3) is 3.78. The van der Waals surface area contributed by atoms with Gasteiger partial charge in [0.1, 0.15) is 4.83 Å². The summed E-state index contributed by atoms with van der Waals surface area (Å²) in [7, 11) is 0. The molecule has 0 N–H and O–H groups in total. The van der Waals surface area contributed by atoms with Gasteiger partial charge in [0.15, 0.2) is 5.16 Å². The molecule has 3 rings (SSSR count). The van der Waals surface area contributed by atoms with Crippen LogP contribution in [0.5, 0.6) is 0 Å². The normalized spacial score (nSPS) is 18.3. The molecular formula is C19H25N3OS2. The molecule has 0 aromatic carbocycles. The van der Waals surface area contributed by atoms with Gasteiger partial charge in [-0.05, 0) is 50.0 Å². The minimum Gasteiger partial charge on any atom is -0.287 e. The Hall–Kier alpha value is -1.32. The average Bonchev–Trinajstić information content (AvgIpc) is 2.91. The zero-order valence-electron chi connectivity index (χ0n) is 15.3. The van der Waals surface area contributed by atoms with Crippen molar-refractivity contribution in [3.63, 3.8) is 0 Å². The molecule has 0 radical (unpaired) electrons. The van der Waals surface area contributed by atoms with Crippen molar-refractivity contribution >= 4 is 33.3 Å². The number of hydrogen-bond donors (Lipinski definition) is 0. The Morgan fingerprint density at radius 1 is 1.44 bits per heavy atom. The number of hydrogen-bond acceptors (Lipinski definition) is 5. The van der Waals surface area contributed by atoms with Crippen LogP contribution in [0.1, 0.15) is 51.0 Å². The van der Waals surface area contributed by atoms with Crippen LogP contribution in [0.3, 0.4) is 0 Å². The van der Waals surface area contributed by atoms with E-state index in [-0.39, 0.29) is 10.8 Å². The summed E-state index contributed by atoms with van der Waals surface area (Å²) in [6.07, 6.45) is 4.12. The number of thiophene rings is 1. The van der Waals surface area contributed by atoms with Crippen molar-refractivity contribution < 1.29 is 0 Å². The standard InChI is InChI=1S/C19H25N3OS2/c1-11(2)7-8-22-18(23)16-14-6-5-12(3)9-15(14)25-17(16)21-19(22)24-13(4)10-20/h11-13H,5-9H2,1-4H3/t12-,13+/m1/s1. The molecule has 0 saturated heterocycles. The molecule has 6 heteroatoms. The van der Waals surface area contributed by atoms with E-state index < -0.39 is 0 Å². The van der Waals surface area contributed by atoms with Gasteiger partial charge in [0, 0.05) is 11.4 Å². The van der Waals surface area contributed by atoms with E-state index in [1.165, 1.54) is 22.2 Å². The third-order valence-electron chi connectivity index (χ3n) is 4.77. The van der Waals surface area contributed by atoms with Crippen LogP contribution in [0.4, 0.5) is 0 Å². The zero-order chi connectivity index (χ0) is 18.1. The Bertz CT molecular complexity index is 875. The van der Waals surface area contributed by atoms with Crippen LogP contribution >= 0.6 is 23.1 Å². The summed E-state index contributed by atoms with van der Waals surface area (Å²) in [6.45, 7) is 9.12. The minimum atomic E-state index is -0.218. The summed E-state index contributed by atoms with van der Waals surface area (Å²) < 4.78 is 1.81. The van der Waals surface area contributed by atoms with E-state index in [9.17, 15) is 4.79 Å². The topological polar surface area (TPSA) is 58.7 Å². The number of nitriles is 1. The summed E-state index contributed by atoms with van der Waals surface area (Å²) in [5, 5.41) is 10.5. The first-order chi connectivity index (χ1) is 11.9. The second-order valence-corrected chi connectivity index (χ2v) is 9.85. The van der Waals surface area contributed by atoms with Gasteiger partial charge in [0.25, 0.3) is 5.56 Å². The Labute approximate surface area is 157 Å². The van der Waals surface area contributed by atoms with Crippen molar-refractivity contribution in [2.45, 2.75) is 70.3 Å². The van der Waals surface area contributed by atoms with Gasteiger partial charge in [-0.1, -0.05) is 32.5 Å². The van der Waals surface area contributed by atoms with Gasteiger partial charge in [0.2, 0.25) is 0 Å². The van der Waals surface area contributed by atoms with Gasteiger partial charge < -0.3 is 0 Å². The summed E-state index contributed by atoms with van der Waals surface area (Å²) >= 11 is 3.07. The molecule has 1 aliphatic carbocycles. The third-order valence-corrected chi connectivity index (χ3v) is 6.90. The summed E-state index contributed by atoms with van der Waals surface area (Å²) in [4.78, 5) is 20.3. The van der Waals surface area contributed by atoms with E-state index in [1.54, 1.807) is 11.3 Å². The smallest absolute Gasteiger partial charge is 0.263 e. The van der Waals surface area contributed by atoms with Gasteiger partial charge in [-0.3, -0.25) is 9.36 Å². The summed E-state index contributed by atoms with van der Waals surface area (Å²) in [6, 6.07) is 2.24. The van der Waals surface area contributed by atoms with E-state index in [2.05, 4.69) is 26.8 Å². The van der Waals surface area contributed by atoms with E-state index in [0.717, 1.165) is 35.9 Å². The summed E-state index contributed by atoms with van der Waals surface area (Å²) in [5.74, 6) is 1.20. The highest BCUT2D eigenvalue weighted by atomic mass is 32.2. The fraction of sp³-hybridized carbons (Fsp3) is 0.632. The van der Waals surface area contributed by atoms with Crippen molar-refractivity contribution in [1.29, 1.82) is 5.26 Å². The Morgan fingerprint density at radius 2 is 2.20 bits per heavy atom. The lowest BCUT2D eigenvalue weighted by Crippen LogP contribution is -2.25. The molecule has 0 saturated carbocycles. The molecule has 4 nitrogen and oxygen atoms in total. The fourth-order valence-electron chi connectivity index (χ4n) is 3.26. The van der Waals surface area contributed by atoms with Crippen LogP contribution in [-0.4, -0.2) is 14.8 Å². The van der Waals surface area contributed by atoms with E-state index in [1.807, 2.05) is 11.5 Å². The van der Waals surface area contributed by atoms with Gasteiger partial charge in [-0.15, -0.1) is 11.3 Å². The molecule has 2 aromatic heterocycles. The second-order valence-electron chi connectivity index (χ2n) is 7.45. The molecular weight excluding hydrogens is 350 g/mol.